The van der Waals surface area contributed by atoms with Crippen molar-refractivity contribution >= 4 is 33.0 Å². The normalized spacial score (nSPS) is 9.90. The zero-order valence-corrected chi connectivity index (χ0v) is 15.1. The standard InChI is InChI=1S/C16H20N2S2.ClH/c1-17(2)13-5-9-15(10-6-13)19-20-16-11-7-14(8-12-16)18(3)4;/h5-12H,1-4H3;1H/p-1. The maximum absolute atomic E-state index is 2.17. The minimum absolute atomic E-state index is 0. The second kappa shape index (κ2) is 8.47. The van der Waals surface area contributed by atoms with Crippen LogP contribution in [-0.2, 0) is 0 Å². The molecule has 0 aliphatic rings. The van der Waals surface area contributed by atoms with E-state index in [0.29, 0.717) is 0 Å². The van der Waals surface area contributed by atoms with E-state index in [-0.39, 0.29) is 12.4 Å². The number of anilines is 2. The molecule has 0 fully saturated rings. The van der Waals surface area contributed by atoms with Crippen molar-refractivity contribution in [3.05, 3.63) is 48.5 Å². The molecule has 0 heterocycles. The molecule has 0 atom stereocenters. The molecule has 0 aromatic heterocycles. The van der Waals surface area contributed by atoms with Crippen LogP contribution in [0.15, 0.2) is 58.3 Å². The van der Waals surface area contributed by atoms with Gasteiger partial charge < -0.3 is 22.2 Å². The van der Waals surface area contributed by atoms with Gasteiger partial charge in [0.15, 0.2) is 0 Å². The Labute approximate surface area is 141 Å². The van der Waals surface area contributed by atoms with Gasteiger partial charge in [0.2, 0.25) is 0 Å². The summed E-state index contributed by atoms with van der Waals surface area (Å²) in [5, 5.41) is 0. The first-order chi connectivity index (χ1) is 9.56. The minimum Gasteiger partial charge on any atom is -1.00 e. The maximum atomic E-state index is 2.17. The summed E-state index contributed by atoms with van der Waals surface area (Å²) in [7, 11) is 11.8. The highest BCUT2D eigenvalue weighted by atomic mass is 35.5. The van der Waals surface area contributed by atoms with Crippen molar-refractivity contribution in [2.45, 2.75) is 9.79 Å². The van der Waals surface area contributed by atoms with Crippen molar-refractivity contribution in [2.75, 3.05) is 38.0 Å². The molecule has 0 bridgehead atoms. The van der Waals surface area contributed by atoms with E-state index in [0.717, 1.165) is 0 Å². The predicted molar refractivity (Wildman–Crippen MR) is 93.3 cm³/mol. The maximum Gasteiger partial charge on any atom is 0.0361 e. The zero-order chi connectivity index (χ0) is 14.5. The molecule has 0 amide bonds. The number of benzene rings is 2. The van der Waals surface area contributed by atoms with E-state index in [4.69, 9.17) is 0 Å². The van der Waals surface area contributed by atoms with Crippen molar-refractivity contribution < 1.29 is 12.4 Å². The fourth-order valence-corrected chi connectivity index (χ4v) is 3.63. The van der Waals surface area contributed by atoms with Crippen LogP contribution in [0, 0.1) is 0 Å². The van der Waals surface area contributed by atoms with Crippen molar-refractivity contribution in [2.24, 2.45) is 0 Å². The van der Waals surface area contributed by atoms with Crippen molar-refractivity contribution in [3.8, 4) is 0 Å². The molecule has 0 radical (unpaired) electrons. The molecule has 0 saturated carbocycles. The number of rotatable bonds is 5. The van der Waals surface area contributed by atoms with E-state index in [9.17, 15) is 0 Å². The molecule has 2 aromatic rings. The number of nitrogens with zero attached hydrogens (tertiary/aromatic N) is 2. The van der Waals surface area contributed by atoms with Crippen molar-refractivity contribution in [1.82, 2.24) is 0 Å². The Kier molecular flexibility index (Phi) is 7.29. The van der Waals surface area contributed by atoms with Crippen LogP contribution in [-0.4, -0.2) is 28.2 Å². The molecule has 2 rings (SSSR count). The third-order valence-corrected chi connectivity index (χ3v) is 5.36. The van der Waals surface area contributed by atoms with E-state index in [1.54, 1.807) is 21.6 Å². The molecule has 0 unspecified atom stereocenters. The lowest BCUT2D eigenvalue weighted by atomic mass is 10.3. The summed E-state index contributed by atoms with van der Waals surface area (Å²) in [4.78, 5) is 6.78. The SMILES string of the molecule is CN(C)c1ccc(SSc2ccc(N(C)C)cc2)cc1.[Cl-]. The number of hydrogen-bond donors (Lipinski definition) is 0. The lowest BCUT2D eigenvalue weighted by molar-refractivity contribution is -0.00000402. The average molecular weight is 340 g/mol. The first-order valence-corrected chi connectivity index (χ1v) is 8.60. The Morgan fingerprint density at radius 3 is 1.10 bits per heavy atom. The Morgan fingerprint density at radius 2 is 0.857 bits per heavy atom. The topological polar surface area (TPSA) is 6.48 Å². The van der Waals surface area contributed by atoms with Gasteiger partial charge in [-0.2, -0.15) is 0 Å². The van der Waals surface area contributed by atoms with Crippen LogP contribution in [0.25, 0.3) is 0 Å². The highest BCUT2D eigenvalue weighted by Crippen LogP contribution is 2.38. The highest BCUT2D eigenvalue weighted by Gasteiger charge is 2.00. The molecule has 114 valence electrons. The molecule has 0 N–H and O–H groups in total. The van der Waals surface area contributed by atoms with Gasteiger partial charge in [0, 0.05) is 49.4 Å². The molecular formula is C16H20ClN2S2-. The van der Waals surface area contributed by atoms with E-state index in [1.807, 2.05) is 0 Å². The Morgan fingerprint density at radius 1 is 0.571 bits per heavy atom. The van der Waals surface area contributed by atoms with Crippen LogP contribution in [0.1, 0.15) is 0 Å². The van der Waals surface area contributed by atoms with Gasteiger partial charge in [0.1, 0.15) is 0 Å². The zero-order valence-electron chi connectivity index (χ0n) is 12.7. The minimum atomic E-state index is 0. The molecule has 5 heteroatoms. The second-order valence-corrected chi connectivity index (χ2v) is 7.22. The van der Waals surface area contributed by atoms with Gasteiger partial charge >= 0.3 is 0 Å². The monoisotopic (exact) mass is 339 g/mol. The smallest absolute Gasteiger partial charge is 0.0361 e. The van der Waals surface area contributed by atoms with Gasteiger partial charge in [-0.05, 0) is 48.5 Å². The van der Waals surface area contributed by atoms with Crippen LogP contribution < -0.4 is 22.2 Å². The van der Waals surface area contributed by atoms with Crippen molar-refractivity contribution in [1.29, 1.82) is 0 Å². The van der Waals surface area contributed by atoms with Gasteiger partial charge in [-0.3, -0.25) is 0 Å². The van der Waals surface area contributed by atoms with E-state index in [1.165, 1.54) is 21.2 Å². The lowest BCUT2D eigenvalue weighted by Crippen LogP contribution is -3.00. The summed E-state index contributed by atoms with van der Waals surface area (Å²) >= 11 is 0. The Balaban J connectivity index is 0.00000220. The molecule has 0 aliphatic heterocycles. The fraction of sp³-hybridized carbons (Fsp3) is 0.250. The van der Waals surface area contributed by atoms with Crippen LogP contribution in [0.4, 0.5) is 11.4 Å². The summed E-state index contributed by atoms with van der Waals surface area (Å²) < 4.78 is 0. The fourth-order valence-electron chi connectivity index (χ4n) is 1.70. The summed E-state index contributed by atoms with van der Waals surface area (Å²) in [5.41, 5.74) is 2.46. The quantitative estimate of drug-likeness (QED) is 0.763. The van der Waals surface area contributed by atoms with E-state index in [2.05, 4.69) is 86.5 Å². The van der Waals surface area contributed by atoms with Gasteiger partial charge in [0.05, 0.1) is 0 Å². The van der Waals surface area contributed by atoms with Crippen LogP contribution in [0.3, 0.4) is 0 Å². The Bertz CT molecular complexity index is 488. The molecule has 2 nitrogen and oxygen atoms in total. The molecule has 0 spiro atoms. The molecular weight excluding hydrogens is 320 g/mol. The second-order valence-electron chi connectivity index (χ2n) is 4.94. The first kappa shape index (κ1) is 18.1. The van der Waals surface area contributed by atoms with E-state index >= 15 is 0 Å². The summed E-state index contributed by atoms with van der Waals surface area (Å²) in [6.45, 7) is 0. The van der Waals surface area contributed by atoms with Gasteiger partial charge in [0.25, 0.3) is 0 Å². The largest absolute Gasteiger partial charge is 1.00 e. The van der Waals surface area contributed by atoms with Crippen LogP contribution >= 0.6 is 21.6 Å². The number of hydrogen-bond acceptors (Lipinski definition) is 4. The number of halogens is 1. The summed E-state index contributed by atoms with van der Waals surface area (Å²) in [6, 6.07) is 17.3. The summed E-state index contributed by atoms with van der Waals surface area (Å²) in [6.07, 6.45) is 0. The highest BCUT2D eigenvalue weighted by molar-refractivity contribution is 8.76. The lowest BCUT2D eigenvalue weighted by Gasteiger charge is -2.13. The van der Waals surface area contributed by atoms with Gasteiger partial charge in [-0.25, -0.2) is 0 Å². The average Bonchev–Trinajstić information content (AvgIpc) is 2.46. The van der Waals surface area contributed by atoms with Crippen LogP contribution in [0.2, 0.25) is 0 Å². The van der Waals surface area contributed by atoms with Crippen LogP contribution in [0.5, 0.6) is 0 Å². The van der Waals surface area contributed by atoms with Gasteiger partial charge in [-0.1, -0.05) is 21.6 Å². The third-order valence-electron chi connectivity index (χ3n) is 2.94. The van der Waals surface area contributed by atoms with E-state index < -0.39 is 0 Å². The predicted octanol–water partition coefficient (Wildman–Crippen LogP) is 1.62. The van der Waals surface area contributed by atoms with Gasteiger partial charge in [-0.15, -0.1) is 0 Å². The van der Waals surface area contributed by atoms with Crippen molar-refractivity contribution in [3.63, 3.8) is 0 Å². The molecule has 2 aromatic carbocycles. The first-order valence-electron chi connectivity index (χ1n) is 6.45. The molecule has 0 saturated heterocycles. The third kappa shape index (κ3) is 5.38. The molecule has 21 heavy (non-hydrogen) atoms. The molecule has 0 aliphatic carbocycles. The summed E-state index contributed by atoms with van der Waals surface area (Å²) in [5.74, 6) is 0. The Hall–Kier alpha value is -0.970.